The molecule has 0 saturated carbocycles. The van der Waals surface area contributed by atoms with Crippen LogP contribution in [0, 0.1) is 0 Å². The topological polar surface area (TPSA) is 0 Å². The Morgan fingerprint density at radius 2 is 0.580 bits per heavy atom. The quantitative estimate of drug-likeness (QED) is 0.119. The molecule has 9 rings (SSSR count). The second-order valence-corrected chi connectivity index (χ2v) is 17.0. The minimum absolute atomic E-state index is 0.386. The van der Waals surface area contributed by atoms with Crippen molar-refractivity contribution in [3.8, 4) is 22.3 Å². The SMILES string of the molecule is c1ccc(C2(c3ccc(-c4ccc([Si](c5ccccc5)(c5ccccc5)c5ccccc5)cc4)cc3)c3ccccc3-c3ccccc32)cc1. The zero-order valence-electron chi connectivity index (χ0n) is 27.8. The summed E-state index contributed by atoms with van der Waals surface area (Å²) in [4.78, 5) is 0. The lowest BCUT2D eigenvalue weighted by Gasteiger charge is -2.34. The molecule has 0 nitrogen and oxygen atoms in total. The third-order valence-corrected chi connectivity index (χ3v) is 15.5. The molecule has 0 N–H and O–H groups in total. The molecule has 0 aromatic heterocycles. The van der Waals surface area contributed by atoms with Gasteiger partial charge in [-0.2, -0.15) is 0 Å². The van der Waals surface area contributed by atoms with E-state index in [4.69, 9.17) is 0 Å². The van der Waals surface area contributed by atoms with Crippen molar-refractivity contribution in [3.05, 3.63) is 241 Å². The van der Waals surface area contributed by atoms with Gasteiger partial charge in [-0.1, -0.05) is 218 Å². The van der Waals surface area contributed by atoms with Gasteiger partial charge < -0.3 is 0 Å². The molecule has 0 bridgehead atoms. The molecule has 236 valence electrons. The fourth-order valence-corrected chi connectivity index (χ4v) is 13.3. The predicted octanol–water partition coefficient (Wildman–Crippen LogP) is 9.09. The van der Waals surface area contributed by atoms with Gasteiger partial charge in [-0.05, 0) is 65.3 Å². The van der Waals surface area contributed by atoms with Gasteiger partial charge in [0.15, 0.2) is 8.07 Å². The van der Waals surface area contributed by atoms with Crippen molar-refractivity contribution < 1.29 is 0 Å². The lowest BCUT2D eigenvalue weighted by molar-refractivity contribution is 0.768. The third kappa shape index (κ3) is 4.59. The number of hydrogen-bond acceptors (Lipinski definition) is 0. The van der Waals surface area contributed by atoms with Crippen molar-refractivity contribution in [2.45, 2.75) is 5.41 Å². The van der Waals surface area contributed by atoms with Crippen molar-refractivity contribution >= 4 is 28.8 Å². The van der Waals surface area contributed by atoms with Crippen LogP contribution in [0.25, 0.3) is 22.3 Å². The molecule has 8 aromatic rings. The molecule has 0 radical (unpaired) electrons. The van der Waals surface area contributed by atoms with Crippen molar-refractivity contribution in [2.24, 2.45) is 0 Å². The molecule has 1 aliphatic carbocycles. The van der Waals surface area contributed by atoms with Gasteiger partial charge in [-0.25, -0.2) is 0 Å². The monoisotopic (exact) mass is 652 g/mol. The zero-order chi connectivity index (χ0) is 33.4. The maximum absolute atomic E-state index is 2.57. The molecule has 0 unspecified atom stereocenters. The van der Waals surface area contributed by atoms with E-state index in [2.05, 4.69) is 218 Å². The van der Waals surface area contributed by atoms with Gasteiger partial charge >= 0.3 is 0 Å². The molecule has 1 heteroatoms. The van der Waals surface area contributed by atoms with Gasteiger partial charge in [0.1, 0.15) is 0 Å². The first kappa shape index (κ1) is 30.1. The molecular formula is C49H36Si. The third-order valence-electron chi connectivity index (χ3n) is 10.7. The van der Waals surface area contributed by atoms with Crippen LogP contribution in [0.5, 0.6) is 0 Å². The first-order chi connectivity index (χ1) is 24.8. The van der Waals surface area contributed by atoms with Crippen molar-refractivity contribution in [2.75, 3.05) is 0 Å². The Morgan fingerprint density at radius 3 is 1.02 bits per heavy atom. The van der Waals surface area contributed by atoms with Gasteiger partial charge in [-0.3, -0.25) is 0 Å². The van der Waals surface area contributed by atoms with Gasteiger partial charge in [0.25, 0.3) is 0 Å². The Hall–Kier alpha value is -6.02. The maximum atomic E-state index is 2.39. The predicted molar refractivity (Wildman–Crippen MR) is 213 cm³/mol. The van der Waals surface area contributed by atoms with E-state index < -0.39 is 8.07 Å². The fraction of sp³-hybridized carbons (Fsp3) is 0.0204. The largest absolute Gasteiger partial charge is 0.179 e. The van der Waals surface area contributed by atoms with Crippen molar-refractivity contribution in [1.29, 1.82) is 0 Å². The lowest BCUT2D eigenvalue weighted by atomic mass is 9.67. The molecule has 0 fully saturated rings. The normalized spacial score (nSPS) is 13.0. The Labute approximate surface area is 296 Å². The molecule has 0 atom stereocenters. The van der Waals surface area contributed by atoms with Crippen LogP contribution in [0.2, 0.25) is 0 Å². The van der Waals surface area contributed by atoms with Gasteiger partial charge in [-0.15, -0.1) is 0 Å². The molecular weight excluding hydrogens is 617 g/mol. The summed E-state index contributed by atoms with van der Waals surface area (Å²) in [6.45, 7) is 0. The van der Waals surface area contributed by atoms with Crippen LogP contribution in [-0.2, 0) is 5.41 Å². The van der Waals surface area contributed by atoms with Crippen LogP contribution in [0.15, 0.2) is 218 Å². The summed E-state index contributed by atoms with van der Waals surface area (Å²) < 4.78 is 0. The summed E-state index contributed by atoms with van der Waals surface area (Å²) in [5.74, 6) is 0. The van der Waals surface area contributed by atoms with E-state index in [1.807, 2.05) is 0 Å². The molecule has 0 aliphatic heterocycles. The molecule has 0 spiro atoms. The van der Waals surface area contributed by atoms with Crippen LogP contribution in [0.4, 0.5) is 0 Å². The van der Waals surface area contributed by atoms with Crippen LogP contribution in [-0.4, -0.2) is 8.07 Å². The molecule has 8 aromatic carbocycles. The van der Waals surface area contributed by atoms with E-state index in [0.29, 0.717) is 0 Å². The van der Waals surface area contributed by atoms with Crippen molar-refractivity contribution in [1.82, 2.24) is 0 Å². The van der Waals surface area contributed by atoms with E-state index in [-0.39, 0.29) is 5.41 Å². The highest BCUT2D eigenvalue weighted by atomic mass is 28.3. The summed E-state index contributed by atoms with van der Waals surface area (Å²) in [6, 6.07) is 81.0. The zero-order valence-corrected chi connectivity index (χ0v) is 28.8. The summed E-state index contributed by atoms with van der Waals surface area (Å²) in [5.41, 5.74) is 9.94. The Morgan fingerprint density at radius 1 is 0.260 bits per heavy atom. The molecule has 50 heavy (non-hydrogen) atoms. The highest BCUT2D eigenvalue weighted by Gasteiger charge is 2.46. The smallest absolute Gasteiger partial charge is 0.0623 e. The molecule has 1 aliphatic rings. The van der Waals surface area contributed by atoms with Crippen LogP contribution < -0.4 is 20.7 Å². The fourth-order valence-electron chi connectivity index (χ4n) is 8.60. The average Bonchev–Trinajstić information content (AvgIpc) is 3.51. The van der Waals surface area contributed by atoms with E-state index in [1.165, 1.54) is 65.3 Å². The first-order valence-electron chi connectivity index (χ1n) is 17.4. The number of rotatable bonds is 7. The summed E-state index contributed by atoms with van der Waals surface area (Å²) in [6.07, 6.45) is 0. The second-order valence-electron chi connectivity index (χ2n) is 13.2. The van der Waals surface area contributed by atoms with E-state index >= 15 is 0 Å². The highest BCUT2D eigenvalue weighted by Crippen LogP contribution is 2.56. The summed E-state index contributed by atoms with van der Waals surface area (Å²) in [5, 5.41) is 5.54. The summed E-state index contributed by atoms with van der Waals surface area (Å²) >= 11 is 0. The Balaban J connectivity index is 1.17. The van der Waals surface area contributed by atoms with Gasteiger partial charge in [0.05, 0.1) is 5.41 Å². The second kappa shape index (κ2) is 12.5. The standard InChI is InChI=1S/C49H36Si/c1-5-17-39(18-6-1)49(47-27-15-13-25-45(47)46-26-14-16-28-48(46)49)40-33-29-37(30-34-40)38-31-35-44(36-32-38)50(41-19-7-2-8-20-41,42-21-9-3-10-22-42)43-23-11-4-12-24-43/h1-36H. The Bertz CT molecular complexity index is 2130. The minimum atomic E-state index is -2.57. The number of fused-ring (bicyclic) bond motifs is 3. The highest BCUT2D eigenvalue weighted by molar-refractivity contribution is 7.19. The lowest BCUT2D eigenvalue weighted by Crippen LogP contribution is -2.74. The van der Waals surface area contributed by atoms with Gasteiger partial charge in [0.2, 0.25) is 0 Å². The van der Waals surface area contributed by atoms with E-state index in [0.717, 1.165) is 0 Å². The minimum Gasteiger partial charge on any atom is -0.0623 e. The van der Waals surface area contributed by atoms with E-state index in [9.17, 15) is 0 Å². The van der Waals surface area contributed by atoms with Crippen LogP contribution >= 0.6 is 0 Å². The van der Waals surface area contributed by atoms with Crippen LogP contribution in [0.3, 0.4) is 0 Å². The number of benzene rings is 8. The van der Waals surface area contributed by atoms with Crippen molar-refractivity contribution in [3.63, 3.8) is 0 Å². The van der Waals surface area contributed by atoms with Gasteiger partial charge in [0, 0.05) is 0 Å². The number of hydrogen-bond donors (Lipinski definition) is 0. The Kier molecular flexibility index (Phi) is 7.49. The van der Waals surface area contributed by atoms with Crippen LogP contribution in [0.1, 0.15) is 22.3 Å². The molecule has 0 heterocycles. The first-order valence-corrected chi connectivity index (χ1v) is 19.4. The average molecular weight is 653 g/mol. The molecule has 0 amide bonds. The molecule has 0 saturated heterocycles. The maximum Gasteiger partial charge on any atom is 0.179 e. The summed E-state index contributed by atoms with van der Waals surface area (Å²) in [7, 11) is -2.57. The van der Waals surface area contributed by atoms with E-state index in [1.54, 1.807) is 0 Å².